The van der Waals surface area contributed by atoms with E-state index < -0.39 is 0 Å². The molecule has 90 valence electrons. The van der Waals surface area contributed by atoms with Crippen molar-refractivity contribution in [2.45, 2.75) is 13.3 Å². The number of nitrogens with one attached hydrogen (secondary N) is 1. The number of hydrogen-bond acceptors (Lipinski definition) is 3. The Hall–Kier alpha value is -1.81. The van der Waals surface area contributed by atoms with Gasteiger partial charge in [-0.25, -0.2) is 0 Å². The topological polar surface area (TPSA) is 68.1 Å². The highest BCUT2D eigenvalue weighted by molar-refractivity contribution is 5.84. The van der Waals surface area contributed by atoms with E-state index in [9.17, 15) is 4.79 Å². The van der Waals surface area contributed by atoms with Crippen LogP contribution in [0.25, 0.3) is 10.9 Å². The predicted octanol–water partition coefficient (Wildman–Crippen LogP) is 1.43. The molecule has 3 N–H and O–H groups in total. The Balaban J connectivity index is 2.60. The molecule has 0 unspecified atom stereocenters. The summed E-state index contributed by atoms with van der Waals surface area (Å²) in [4.78, 5) is 14.7. The fourth-order valence-electron chi connectivity index (χ4n) is 1.87. The van der Waals surface area contributed by atoms with E-state index >= 15 is 0 Å². The summed E-state index contributed by atoms with van der Waals surface area (Å²) in [5.74, 6) is 0.710. The number of fused-ring (bicyclic) bond motifs is 1. The Morgan fingerprint density at radius 2 is 2.24 bits per heavy atom. The monoisotopic (exact) mass is 232 g/mol. The Kier molecular flexibility index (Phi) is 3.44. The summed E-state index contributed by atoms with van der Waals surface area (Å²) in [6, 6.07) is 7.60. The van der Waals surface area contributed by atoms with Crippen LogP contribution in [0.2, 0.25) is 0 Å². The molecule has 4 nitrogen and oxygen atoms in total. The SMILES string of the molecule is CCOc1cccc2cc(CCN)c(=O)[nH]c12. The predicted molar refractivity (Wildman–Crippen MR) is 68.5 cm³/mol. The first kappa shape index (κ1) is 11.7. The van der Waals surface area contributed by atoms with Crippen molar-refractivity contribution in [3.8, 4) is 5.75 Å². The van der Waals surface area contributed by atoms with E-state index in [0.717, 1.165) is 10.9 Å². The summed E-state index contributed by atoms with van der Waals surface area (Å²) in [6.07, 6.45) is 0.587. The molecule has 17 heavy (non-hydrogen) atoms. The first-order valence-electron chi connectivity index (χ1n) is 5.74. The van der Waals surface area contributed by atoms with Gasteiger partial charge in [0, 0.05) is 10.9 Å². The van der Waals surface area contributed by atoms with Crippen LogP contribution >= 0.6 is 0 Å². The van der Waals surface area contributed by atoms with E-state index in [2.05, 4.69) is 4.98 Å². The zero-order valence-corrected chi connectivity index (χ0v) is 9.82. The minimum atomic E-state index is -0.0879. The average Bonchev–Trinajstić information content (AvgIpc) is 2.32. The third-order valence-electron chi connectivity index (χ3n) is 2.63. The van der Waals surface area contributed by atoms with Gasteiger partial charge < -0.3 is 15.5 Å². The summed E-state index contributed by atoms with van der Waals surface area (Å²) >= 11 is 0. The zero-order chi connectivity index (χ0) is 12.3. The van der Waals surface area contributed by atoms with Crippen molar-refractivity contribution in [2.24, 2.45) is 5.73 Å². The third kappa shape index (κ3) is 2.31. The number of para-hydroxylation sites is 1. The molecular weight excluding hydrogens is 216 g/mol. The molecule has 0 bridgehead atoms. The minimum Gasteiger partial charge on any atom is -0.492 e. The van der Waals surface area contributed by atoms with Crippen molar-refractivity contribution in [1.82, 2.24) is 4.98 Å². The van der Waals surface area contributed by atoms with E-state index in [1.165, 1.54) is 0 Å². The second-order valence-corrected chi connectivity index (χ2v) is 3.82. The van der Waals surface area contributed by atoms with Crippen molar-refractivity contribution in [1.29, 1.82) is 0 Å². The molecule has 4 heteroatoms. The van der Waals surface area contributed by atoms with E-state index in [4.69, 9.17) is 10.5 Å². The molecule has 0 radical (unpaired) electrons. The zero-order valence-electron chi connectivity index (χ0n) is 9.82. The first-order chi connectivity index (χ1) is 8.26. The molecule has 0 aliphatic heterocycles. The second kappa shape index (κ2) is 5.01. The quantitative estimate of drug-likeness (QED) is 0.837. The van der Waals surface area contributed by atoms with Crippen molar-refractivity contribution in [2.75, 3.05) is 13.2 Å². The van der Waals surface area contributed by atoms with Crippen molar-refractivity contribution in [3.63, 3.8) is 0 Å². The highest BCUT2D eigenvalue weighted by Crippen LogP contribution is 2.22. The van der Waals surface area contributed by atoms with Crippen LogP contribution in [0, 0.1) is 0 Å². The van der Waals surface area contributed by atoms with Gasteiger partial charge >= 0.3 is 0 Å². The number of H-pyrrole nitrogens is 1. The summed E-state index contributed by atoms with van der Waals surface area (Å²) in [5, 5.41) is 0.971. The number of nitrogens with two attached hydrogens (primary N) is 1. The average molecular weight is 232 g/mol. The van der Waals surface area contributed by atoms with Gasteiger partial charge in [-0.3, -0.25) is 4.79 Å². The number of benzene rings is 1. The minimum absolute atomic E-state index is 0.0879. The highest BCUT2D eigenvalue weighted by atomic mass is 16.5. The smallest absolute Gasteiger partial charge is 0.251 e. The number of hydrogen-bond donors (Lipinski definition) is 2. The van der Waals surface area contributed by atoms with Crippen molar-refractivity contribution in [3.05, 3.63) is 40.2 Å². The lowest BCUT2D eigenvalue weighted by molar-refractivity contribution is 0.343. The normalized spacial score (nSPS) is 10.7. The number of pyridine rings is 1. The Morgan fingerprint density at radius 3 is 2.94 bits per heavy atom. The van der Waals surface area contributed by atoms with Gasteiger partial charge in [-0.15, -0.1) is 0 Å². The molecule has 1 aromatic carbocycles. The highest BCUT2D eigenvalue weighted by Gasteiger charge is 2.06. The molecule has 1 heterocycles. The Bertz CT molecular complexity index is 575. The van der Waals surface area contributed by atoms with Gasteiger partial charge in [0.15, 0.2) is 0 Å². The van der Waals surface area contributed by atoms with Crippen molar-refractivity contribution >= 4 is 10.9 Å². The fraction of sp³-hybridized carbons (Fsp3) is 0.308. The van der Waals surface area contributed by atoms with Gasteiger partial charge in [0.2, 0.25) is 0 Å². The molecule has 0 saturated heterocycles. The lowest BCUT2D eigenvalue weighted by Crippen LogP contribution is -2.16. The molecular formula is C13H16N2O2. The van der Waals surface area contributed by atoms with Gasteiger partial charge in [-0.1, -0.05) is 12.1 Å². The van der Waals surface area contributed by atoms with Gasteiger partial charge in [-0.05, 0) is 32.0 Å². The molecule has 2 aromatic rings. The van der Waals surface area contributed by atoms with Crippen LogP contribution in [0.3, 0.4) is 0 Å². The first-order valence-corrected chi connectivity index (χ1v) is 5.74. The molecule has 0 saturated carbocycles. The molecule has 2 rings (SSSR count). The van der Waals surface area contributed by atoms with E-state index in [0.29, 0.717) is 30.9 Å². The number of ether oxygens (including phenoxy) is 1. The lowest BCUT2D eigenvalue weighted by Gasteiger charge is -2.08. The molecule has 0 fully saturated rings. The number of aromatic nitrogens is 1. The van der Waals surface area contributed by atoms with Crippen LogP contribution in [0.4, 0.5) is 0 Å². The summed E-state index contributed by atoms with van der Waals surface area (Å²) in [6.45, 7) is 2.96. The van der Waals surface area contributed by atoms with E-state index in [1.807, 2.05) is 31.2 Å². The van der Waals surface area contributed by atoms with Gasteiger partial charge in [0.05, 0.1) is 12.1 Å². The molecule has 0 aliphatic carbocycles. The van der Waals surface area contributed by atoms with Crippen LogP contribution in [0.5, 0.6) is 5.75 Å². The lowest BCUT2D eigenvalue weighted by atomic mass is 10.1. The van der Waals surface area contributed by atoms with Gasteiger partial charge in [-0.2, -0.15) is 0 Å². The van der Waals surface area contributed by atoms with Gasteiger partial charge in [0.1, 0.15) is 5.75 Å². The van der Waals surface area contributed by atoms with Gasteiger partial charge in [0.25, 0.3) is 5.56 Å². The maximum Gasteiger partial charge on any atom is 0.251 e. The van der Waals surface area contributed by atoms with Crippen LogP contribution < -0.4 is 16.0 Å². The second-order valence-electron chi connectivity index (χ2n) is 3.82. The summed E-state index contributed by atoms with van der Waals surface area (Å²) in [5.41, 5.74) is 6.85. The van der Waals surface area contributed by atoms with E-state index in [-0.39, 0.29) is 5.56 Å². The largest absolute Gasteiger partial charge is 0.492 e. The van der Waals surface area contributed by atoms with Crippen molar-refractivity contribution < 1.29 is 4.74 Å². The maximum absolute atomic E-state index is 11.8. The molecule has 0 amide bonds. The summed E-state index contributed by atoms with van der Waals surface area (Å²) < 4.78 is 5.48. The van der Waals surface area contributed by atoms with E-state index in [1.54, 1.807) is 0 Å². The molecule has 1 aromatic heterocycles. The van der Waals surface area contributed by atoms with Crippen LogP contribution in [0.1, 0.15) is 12.5 Å². The molecule has 0 atom stereocenters. The Morgan fingerprint density at radius 1 is 1.41 bits per heavy atom. The van der Waals surface area contributed by atoms with Crippen LogP contribution in [-0.4, -0.2) is 18.1 Å². The third-order valence-corrected chi connectivity index (χ3v) is 2.63. The number of aromatic amines is 1. The Labute approximate surface area is 99.4 Å². The number of rotatable bonds is 4. The van der Waals surface area contributed by atoms with Crippen LogP contribution in [-0.2, 0) is 6.42 Å². The molecule has 0 spiro atoms. The maximum atomic E-state index is 11.8. The van der Waals surface area contributed by atoms with Crippen LogP contribution in [0.15, 0.2) is 29.1 Å². The standard InChI is InChI=1S/C13H16N2O2/c1-2-17-11-5-3-4-9-8-10(6-7-14)13(16)15-12(9)11/h3-5,8H,2,6-7,14H2,1H3,(H,15,16). The summed E-state index contributed by atoms with van der Waals surface area (Å²) in [7, 11) is 0. The molecule has 0 aliphatic rings. The fourth-order valence-corrected chi connectivity index (χ4v) is 1.87.